The number of hydrogen-bond acceptors (Lipinski definition) is 5. The lowest BCUT2D eigenvalue weighted by Gasteiger charge is -2.07. The second kappa shape index (κ2) is 6.52. The van der Waals surface area contributed by atoms with Gasteiger partial charge < -0.3 is 4.74 Å². The SMILES string of the molecule is COc1ncccc1-c1ccnc(-c2nc(-c3ccccc3)n[nH]2)c1. The van der Waals surface area contributed by atoms with Crippen molar-refractivity contribution in [2.75, 3.05) is 7.11 Å². The van der Waals surface area contributed by atoms with E-state index < -0.39 is 0 Å². The Morgan fingerprint density at radius 2 is 1.76 bits per heavy atom. The summed E-state index contributed by atoms with van der Waals surface area (Å²) >= 11 is 0. The van der Waals surface area contributed by atoms with E-state index in [0.29, 0.717) is 23.2 Å². The van der Waals surface area contributed by atoms with Crippen molar-refractivity contribution in [3.05, 3.63) is 67.0 Å². The van der Waals surface area contributed by atoms with Gasteiger partial charge in [-0.15, -0.1) is 0 Å². The Labute approximate surface area is 144 Å². The van der Waals surface area contributed by atoms with Crippen molar-refractivity contribution in [1.82, 2.24) is 25.1 Å². The maximum Gasteiger partial charge on any atom is 0.221 e. The van der Waals surface area contributed by atoms with Crippen molar-refractivity contribution in [3.63, 3.8) is 0 Å². The van der Waals surface area contributed by atoms with Crippen LogP contribution in [-0.4, -0.2) is 32.3 Å². The van der Waals surface area contributed by atoms with Gasteiger partial charge >= 0.3 is 0 Å². The molecule has 0 bridgehead atoms. The van der Waals surface area contributed by atoms with Gasteiger partial charge in [-0.1, -0.05) is 30.3 Å². The minimum Gasteiger partial charge on any atom is -0.481 e. The van der Waals surface area contributed by atoms with Gasteiger partial charge in [0, 0.05) is 23.5 Å². The van der Waals surface area contributed by atoms with Crippen LogP contribution in [0.15, 0.2) is 67.0 Å². The Balaban J connectivity index is 1.72. The molecule has 0 fully saturated rings. The Morgan fingerprint density at radius 1 is 0.880 bits per heavy atom. The van der Waals surface area contributed by atoms with Gasteiger partial charge in [0.1, 0.15) is 5.69 Å². The summed E-state index contributed by atoms with van der Waals surface area (Å²) in [5, 5.41) is 7.24. The summed E-state index contributed by atoms with van der Waals surface area (Å²) in [5.74, 6) is 1.83. The highest BCUT2D eigenvalue weighted by Crippen LogP contribution is 2.29. The molecule has 0 radical (unpaired) electrons. The molecule has 4 rings (SSSR count). The van der Waals surface area contributed by atoms with Gasteiger partial charge in [-0.2, -0.15) is 5.10 Å². The molecule has 0 amide bonds. The predicted octanol–water partition coefficient (Wildman–Crippen LogP) is 3.60. The third kappa shape index (κ3) is 2.97. The zero-order valence-corrected chi connectivity index (χ0v) is 13.5. The quantitative estimate of drug-likeness (QED) is 0.619. The molecule has 0 aliphatic carbocycles. The van der Waals surface area contributed by atoms with Crippen LogP contribution in [0.4, 0.5) is 0 Å². The molecule has 0 atom stereocenters. The van der Waals surface area contributed by atoms with Crippen LogP contribution >= 0.6 is 0 Å². The van der Waals surface area contributed by atoms with Crippen LogP contribution in [0.3, 0.4) is 0 Å². The van der Waals surface area contributed by atoms with Crippen LogP contribution in [0.25, 0.3) is 34.0 Å². The molecule has 122 valence electrons. The zero-order valence-electron chi connectivity index (χ0n) is 13.5. The van der Waals surface area contributed by atoms with Crippen molar-refractivity contribution in [3.8, 4) is 39.9 Å². The summed E-state index contributed by atoms with van der Waals surface area (Å²) in [6.07, 6.45) is 3.44. The van der Waals surface area contributed by atoms with E-state index in [9.17, 15) is 0 Å². The van der Waals surface area contributed by atoms with Crippen molar-refractivity contribution in [2.45, 2.75) is 0 Å². The first-order valence-corrected chi connectivity index (χ1v) is 7.79. The number of H-pyrrole nitrogens is 1. The van der Waals surface area contributed by atoms with Gasteiger partial charge in [-0.05, 0) is 29.8 Å². The minimum absolute atomic E-state index is 0.571. The summed E-state index contributed by atoms with van der Waals surface area (Å²) in [7, 11) is 1.61. The molecule has 6 heteroatoms. The zero-order chi connectivity index (χ0) is 17.1. The number of nitrogens with one attached hydrogen (secondary N) is 1. The van der Waals surface area contributed by atoms with Crippen LogP contribution in [-0.2, 0) is 0 Å². The number of aromatic nitrogens is 5. The molecule has 0 unspecified atom stereocenters. The topological polar surface area (TPSA) is 76.6 Å². The number of methoxy groups -OCH3 is 1. The molecule has 4 aromatic rings. The number of ether oxygens (including phenoxy) is 1. The van der Waals surface area contributed by atoms with E-state index in [4.69, 9.17) is 4.74 Å². The van der Waals surface area contributed by atoms with E-state index in [2.05, 4.69) is 25.1 Å². The summed E-state index contributed by atoms with van der Waals surface area (Å²) in [6.45, 7) is 0. The highest BCUT2D eigenvalue weighted by atomic mass is 16.5. The Bertz CT molecular complexity index is 997. The van der Waals surface area contributed by atoms with Crippen LogP contribution in [0, 0.1) is 0 Å². The first-order valence-electron chi connectivity index (χ1n) is 7.79. The summed E-state index contributed by atoms with van der Waals surface area (Å²) in [4.78, 5) is 13.2. The van der Waals surface area contributed by atoms with Crippen LogP contribution in [0.1, 0.15) is 0 Å². The number of pyridine rings is 2. The fourth-order valence-corrected chi connectivity index (χ4v) is 2.59. The van der Waals surface area contributed by atoms with Crippen LogP contribution in [0.2, 0.25) is 0 Å². The van der Waals surface area contributed by atoms with Gasteiger partial charge in [0.05, 0.1) is 7.11 Å². The highest BCUT2D eigenvalue weighted by molar-refractivity contribution is 5.72. The molecule has 1 aromatic carbocycles. The summed E-state index contributed by atoms with van der Waals surface area (Å²) in [5.41, 5.74) is 3.51. The second-order valence-electron chi connectivity index (χ2n) is 5.36. The molecule has 0 spiro atoms. The smallest absolute Gasteiger partial charge is 0.221 e. The Kier molecular flexibility index (Phi) is 3.92. The van der Waals surface area contributed by atoms with Crippen molar-refractivity contribution in [1.29, 1.82) is 0 Å². The van der Waals surface area contributed by atoms with Gasteiger partial charge in [-0.25, -0.2) is 9.97 Å². The Hall–Kier alpha value is -3.54. The molecule has 6 nitrogen and oxygen atoms in total. The molecular weight excluding hydrogens is 314 g/mol. The monoisotopic (exact) mass is 329 g/mol. The number of aromatic amines is 1. The average Bonchev–Trinajstić information content (AvgIpc) is 3.19. The third-order valence-corrected chi connectivity index (χ3v) is 3.80. The number of rotatable bonds is 4. The normalized spacial score (nSPS) is 10.6. The second-order valence-corrected chi connectivity index (χ2v) is 5.36. The molecule has 0 saturated carbocycles. The lowest BCUT2D eigenvalue weighted by molar-refractivity contribution is 0.399. The first-order chi connectivity index (χ1) is 12.3. The molecule has 3 aromatic heterocycles. The van der Waals surface area contributed by atoms with Gasteiger partial charge in [-0.3, -0.25) is 10.1 Å². The number of nitrogens with zero attached hydrogens (tertiary/aromatic N) is 4. The summed E-state index contributed by atoms with van der Waals surface area (Å²) < 4.78 is 5.34. The molecule has 3 heterocycles. The van der Waals surface area contributed by atoms with Crippen molar-refractivity contribution in [2.24, 2.45) is 0 Å². The Morgan fingerprint density at radius 3 is 2.60 bits per heavy atom. The molecule has 0 aliphatic heterocycles. The van der Waals surface area contributed by atoms with Crippen molar-refractivity contribution >= 4 is 0 Å². The first kappa shape index (κ1) is 15.0. The molecule has 25 heavy (non-hydrogen) atoms. The highest BCUT2D eigenvalue weighted by Gasteiger charge is 2.12. The molecular formula is C19H15N5O. The van der Waals surface area contributed by atoms with Crippen LogP contribution < -0.4 is 4.74 Å². The lowest BCUT2D eigenvalue weighted by atomic mass is 10.1. The van der Waals surface area contributed by atoms with Gasteiger partial charge in [0.15, 0.2) is 11.6 Å². The largest absolute Gasteiger partial charge is 0.481 e. The molecule has 0 saturated heterocycles. The van der Waals surface area contributed by atoms with E-state index in [0.717, 1.165) is 16.7 Å². The van der Waals surface area contributed by atoms with Gasteiger partial charge in [0.25, 0.3) is 0 Å². The third-order valence-electron chi connectivity index (χ3n) is 3.80. The van der Waals surface area contributed by atoms with Crippen molar-refractivity contribution < 1.29 is 4.74 Å². The maximum atomic E-state index is 5.34. The van der Waals surface area contributed by atoms with E-state index in [1.807, 2.05) is 54.6 Å². The number of benzene rings is 1. The fourth-order valence-electron chi connectivity index (χ4n) is 2.59. The van der Waals surface area contributed by atoms with E-state index in [1.165, 1.54) is 0 Å². The van der Waals surface area contributed by atoms with E-state index >= 15 is 0 Å². The molecule has 0 aliphatic rings. The van der Waals surface area contributed by atoms with E-state index in [1.54, 1.807) is 19.5 Å². The molecule has 1 N–H and O–H groups in total. The predicted molar refractivity (Wildman–Crippen MR) is 94.8 cm³/mol. The van der Waals surface area contributed by atoms with Gasteiger partial charge in [0.2, 0.25) is 5.88 Å². The lowest BCUT2D eigenvalue weighted by Crippen LogP contribution is -1.92. The average molecular weight is 329 g/mol. The summed E-state index contributed by atoms with van der Waals surface area (Å²) in [6, 6.07) is 17.5. The fraction of sp³-hybridized carbons (Fsp3) is 0.0526. The van der Waals surface area contributed by atoms with Crippen LogP contribution in [0.5, 0.6) is 5.88 Å². The minimum atomic E-state index is 0.571. The maximum absolute atomic E-state index is 5.34. The van der Waals surface area contributed by atoms with E-state index in [-0.39, 0.29) is 0 Å². The number of hydrogen-bond donors (Lipinski definition) is 1. The standard InChI is InChI=1S/C19H15N5O/c1-25-19-15(8-5-10-21-19)14-9-11-20-16(12-14)18-22-17(23-24-18)13-6-3-2-4-7-13/h2-12H,1H3,(H,22,23,24).